The molecule has 0 aliphatic carbocycles. The van der Waals surface area contributed by atoms with Gasteiger partial charge in [0.25, 0.3) is 5.91 Å². The first-order chi connectivity index (χ1) is 10.2. The number of carbonyl (C=O) groups excluding carboxylic acids is 1. The number of benzene rings is 1. The van der Waals surface area contributed by atoms with Crippen LogP contribution in [0.15, 0.2) is 29.3 Å². The van der Waals surface area contributed by atoms with E-state index in [4.69, 9.17) is 4.74 Å². The number of nitrogens with one attached hydrogen (secondary N) is 3. The molecular weight excluding hydrogens is 268 g/mol. The zero-order chi connectivity index (χ0) is 15.5. The molecule has 0 radical (unpaired) electrons. The molecule has 6 heteroatoms. The number of aliphatic imine (C=N–C) groups is 1. The molecule has 0 unspecified atom stereocenters. The van der Waals surface area contributed by atoms with Crippen LogP contribution in [-0.2, 0) is 11.3 Å². The van der Waals surface area contributed by atoms with E-state index in [9.17, 15) is 4.79 Å². The molecule has 6 nitrogen and oxygen atoms in total. The summed E-state index contributed by atoms with van der Waals surface area (Å²) in [4.78, 5) is 15.7. The molecular formula is C15H24N4O2. The third-order valence-corrected chi connectivity index (χ3v) is 2.84. The van der Waals surface area contributed by atoms with Crippen LogP contribution in [0.1, 0.15) is 22.8 Å². The number of amides is 1. The Morgan fingerprint density at radius 3 is 2.81 bits per heavy atom. The normalized spacial score (nSPS) is 11.1. The lowest BCUT2D eigenvalue weighted by Crippen LogP contribution is -2.38. The molecule has 21 heavy (non-hydrogen) atoms. The van der Waals surface area contributed by atoms with Gasteiger partial charge in [0.2, 0.25) is 0 Å². The Labute approximate surface area is 126 Å². The first-order valence-electron chi connectivity index (χ1n) is 7.04. The van der Waals surface area contributed by atoms with Gasteiger partial charge in [-0.2, -0.15) is 0 Å². The Balaban J connectivity index is 2.47. The minimum Gasteiger partial charge on any atom is -0.380 e. The quantitative estimate of drug-likeness (QED) is 0.394. The number of ether oxygens (including phenoxy) is 1. The van der Waals surface area contributed by atoms with Crippen molar-refractivity contribution in [2.45, 2.75) is 13.5 Å². The summed E-state index contributed by atoms with van der Waals surface area (Å²) in [6.45, 7) is 4.61. The van der Waals surface area contributed by atoms with Crippen molar-refractivity contribution in [3.05, 3.63) is 35.4 Å². The van der Waals surface area contributed by atoms with Crippen molar-refractivity contribution < 1.29 is 9.53 Å². The molecule has 0 atom stereocenters. The van der Waals surface area contributed by atoms with Crippen LogP contribution in [0.5, 0.6) is 0 Å². The van der Waals surface area contributed by atoms with Gasteiger partial charge >= 0.3 is 0 Å². The molecule has 116 valence electrons. The number of rotatable bonds is 7. The Bertz CT molecular complexity index is 474. The molecule has 1 aromatic rings. The minimum absolute atomic E-state index is 0.0870. The molecule has 0 fully saturated rings. The average molecular weight is 292 g/mol. The van der Waals surface area contributed by atoms with Crippen LogP contribution in [0.4, 0.5) is 0 Å². The average Bonchev–Trinajstić information content (AvgIpc) is 2.53. The standard InChI is InChI=1S/C15H24N4O2/c1-4-21-9-8-18-15(17-3)19-11-12-6-5-7-13(10-12)14(20)16-2/h5-7,10H,4,8-9,11H2,1-3H3,(H,16,20)(H2,17,18,19). The highest BCUT2D eigenvalue weighted by atomic mass is 16.5. The molecule has 0 aromatic heterocycles. The fraction of sp³-hybridized carbons (Fsp3) is 0.467. The second kappa shape index (κ2) is 9.77. The number of guanidine groups is 1. The predicted molar refractivity (Wildman–Crippen MR) is 84.5 cm³/mol. The highest BCUT2D eigenvalue weighted by Crippen LogP contribution is 2.04. The van der Waals surface area contributed by atoms with Gasteiger partial charge in [0.05, 0.1) is 6.61 Å². The zero-order valence-corrected chi connectivity index (χ0v) is 12.9. The highest BCUT2D eigenvalue weighted by Gasteiger charge is 2.04. The summed E-state index contributed by atoms with van der Waals surface area (Å²) < 4.78 is 5.26. The van der Waals surface area contributed by atoms with Crippen molar-refractivity contribution in [2.24, 2.45) is 4.99 Å². The van der Waals surface area contributed by atoms with Crippen LogP contribution >= 0.6 is 0 Å². The maximum atomic E-state index is 11.6. The van der Waals surface area contributed by atoms with Crippen LogP contribution in [0.25, 0.3) is 0 Å². The molecule has 0 bridgehead atoms. The van der Waals surface area contributed by atoms with Crippen molar-refractivity contribution in [2.75, 3.05) is 33.9 Å². The molecule has 1 rings (SSSR count). The van der Waals surface area contributed by atoms with Gasteiger partial charge < -0.3 is 20.7 Å². The lowest BCUT2D eigenvalue weighted by Gasteiger charge is -2.12. The monoisotopic (exact) mass is 292 g/mol. The van der Waals surface area contributed by atoms with Crippen molar-refractivity contribution in [3.63, 3.8) is 0 Å². The second-order valence-electron chi connectivity index (χ2n) is 4.33. The Morgan fingerprint density at radius 2 is 2.14 bits per heavy atom. The number of hydrogen-bond acceptors (Lipinski definition) is 3. The third-order valence-electron chi connectivity index (χ3n) is 2.84. The third kappa shape index (κ3) is 6.27. The summed E-state index contributed by atoms with van der Waals surface area (Å²) in [5, 5.41) is 8.97. The predicted octanol–water partition coefficient (Wildman–Crippen LogP) is 0.748. The van der Waals surface area contributed by atoms with E-state index in [2.05, 4.69) is 20.9 Å². The van der Waals surface area contributed by atoms with Gasteiger partial charge in [0.15, 0.2) is 5.96 Å². The fourth-order valence-electron chi connectivity index (χ4n) is 1.76. The molecule has 0 spiro atoms. The maximum absolute atomic E-state index is 11.6. The first-order valence-corrected chi connectivity index (χ1v) is 7.04. The molecule has 0 aliphatic heterocycles. The van der Waals surface area contributed by atoms with E-state index in [1.165, 1.54) is 0 Å². The smallest absolute Gasteiger partial charge is 0.251 e. The maximum Gasteiger partial charge on any atom is 0.251 e. The first kappa shape index (κ1) is 17.0. The number of hydrogen-bond donors (Lipinski definition) is 3. The highest BCUT2D eigenvalue weighted by molar-refractivity contribution is 5.94. The Morgan fingerprint density at radius 1 is 1.33 bits per heavy atom. The summed E-state index contributed by atoms with van der Waals surface area (Å²) in [5.74, 6) is 0.621. The van der Waals surface area contributed by atoms with Gasteiger partial charge in [-0.05, 0) is 24.6 Å². The molecule has 1 aromatic carbocycles. The summed E-state index contributed by atoms with van der Waals surface area (Å²) >= 11 is 0. The molecule has 1 amide bonds. The van der Waals surface area contributed by atoms with Gasteiger partial charge in [0, 0.05) is 39.4 Å². The van der Waals surface area contributed by atoms with Crippen LogP contribution in [0.3, 0.4) is 0 Å². The van der Waals surface area contributed by atoms with Crippen molar-refractivity contribution in [3.8, 4) is 0 Å². The summed E-state index contributed by atoms with van der Waals surface area (Å²) in [6.07, 6.45) is 0. The lowest BCUT2D eigenvalue weighted by atomic mass is 10.1. The van der Waals surface area contributed by atoms with Crippen molar-refractivity contribution in [1.29, 1.82) is 0 Å². The lowest BCUT2D eigenvalue weighted by molar-refractivity contribution is 0.0963. The van der Waals surface area contributed by atoms with Gasteiger partial charge in [-0.25, -0.2) is 0 Å². The van der Waals surface area contributed by atoms with E-state index in [-0.39, 0.29) is 5.91 Å². The van der Waals surface area contributed by atoms with Crippen molar-refractivity contribution in [1.82, 2.24) is 16.0 Å². The van der Waals surface area contributed by atoms with Crippen LogP contribution in [-0.4, -0.2) is 45.7 Å². The minimum atomic E-state index is -0.0870. The molecule has 0 saturated carbocycles. The second-order valence-corrected chi connectivity index (χ2v) is 4.33. The summed E-state index contributed by atoms with van der Waals surface area (Å²) in [5.41, 5.74) is 1.67. The molecule has 0 aliphatic rings. The van der Waals surface area contributed by atoms with Gasteiger partial charge in [-0.1, -0.05) is 12.1 Å². The zero-order valence-electron chi connectivity index (χ0n) is 12.9. The van der Waals surface area contributed by atoms with Crippen LogP contribution in [0, 0.1) is 0 Å². The van der Waals surface area contributed by atoms with Gasteiger partial charge in [-0.15, -0.1) is 0 Å². The Hall–Kier alpha value is -2.08. The number of nitrogens with zero attached hydrogens (tertiary/aromatic N) is 1. The summed E-state index contributed by atoms with van der Waals surface area (Å²) in [6, 6.07) is 7.48. The summed E-state index contributed by atoms with van der Waals surface area (Å²) in [7, 11) is 3.34. The van der Waals surface area contributed by atoms with Crippen LogP contribution in [0.2, 0.25) is 0 Å². The van der Waals surface area contributed by atoms with E-state index in [0.29, 0.717) is 37.8 Å². The van der Waals surface area contributed by atoms with Gasteiger partial charge in [0.1, 0.15) is 0 Å². The molecule has 0 heterocycles. The van der Waals surface area contributed by atoms with E-state index < -0.39 is 0 Å². The number of carbonyl (C=O) groups is 1. The van der Waals surface area contributed by atoms with E-state index in [0.717, 1.165) is 5.56 Å². The van der Waals surface area contributed by atoms with Gasteiger partial charge in [-0.3, -0.25) is 9.79 Å². The van der Waals surface area contributed by atoms with Crippen molar-refractivity contribution >= 4 is 11.9 Å². The molecule has 0 saturated heterocycles. The topological polar surface area (TPSA) is 74.8 Å². The fourth-order valence-corrected chi connectivity index (χ4v) is 1.76. The molecule has 3 N–H and O–H groups in total. The van der Waals surface area contributed by atoms with E-state index >= 15 is 0 Å². The largest absolute Gasteiger partial charge is 0.380 e. The van der Waals surface area contributed by atoms with E-state index in [1.54, 1.807) is 20.2 Å². The SMILES string of the molecule is CCOCCNC(=NC)NCc1cccc(C(=O)NC)c1. The van der Waals surface area contributed by atoms with Crippen LogP contribution < -0.4 is 16.0 Å². The Kier molecular flexibility index (Phi) is 7.89. The van der Waals surface area contributed by atoms with E-state index in [1.807, 2.05) is 25.1 Å².